The van der Waals surface area contributed by atoms with Gasteiger partial charge < -0.3 is 14.2 Å². The van der Waals surface area contributed by atoms with Gasteiger partial charge in [-0.25, -0.2) is 0 Å². The SMILES string of the molecule is COC(CN(C)Cc1ccc(CN2C[C@@H](C)O[C@@H](C)C2)cc1)OC. The minimum Gasteiger partial charge on any atom is -0.373 e. The van der Waals surface area contributed by atoms with E-state index in [1.54, 1.807) is 14.2 Å². The minimum atomic E-state index is -0.181. The second-order valence-corrected chi connectivity index (χ2v) is 6.87. The number of likely N-dealkylation sites (N-methyl/N-ethyl adjacent to an activating group) is 1. The third kappa shape index (κ3) is 6.15. The average Bonchev–Trinajstić information content (AvgIpc) is 2.53. The summed E-state index contributed by atoms with van der Waals surface area (Å²) in [6, 6.07) is 8.90. The molecule has 0 bridgehead atoms. The number of morpholine rings is 1. The quantitative estimate of drug-likeness (QED) is 0.681. The normalized spacial score (nSPS) is 22.5. The van der Waals surface area contributed by atoms with Crippen LogP contribution in [0.1, 0.15) is 25.0 Å². The van der Waals surface area contributed by atoms with Crippen molar-refractivity contribution in [3.63, 3.8) is 0 Å². The zero-order valence-electron chi connectivity index (χ0n) is 15.7. The van der Waals surface area contributed by atoms with Gasteiger partial charge >= 0.3 is 0 Å². The van der Waals surface area contributed by atoms with E-state index in [-0.39, 0.29) is 6.29 Å². The van der Waals surface area contributed by atoms with E-state index in [0.29, 0.717) is 12.2 Å². The maximum absolute atomic E-state index is 5.80. The van der Waals surface area contributed by atoms with Crippen LogP contribution in [0.25, 0.3) is 0 Å². The van der Waals surface area contributed by atoms with Crippen molar-refractivity contribution in [1.29, 1.82) is 0 Å². The molecule has 0 amide bonds. The molecule has 5 nitrogen and oxygen atoms in total. The summed E-state index contributed by atoms with van der Waals surface area (Å²) in [5.74, 6) is 0. The van der Waals surface area contributed by atoms with Gasteiger partial charge in [0.2, 0.25) is 0 Å². The minimum absolute atomic E-state index is 0.181. The molecule has 1 aliphatic rings. The van der Waals surface area contributed by atoms with Gasteiger partial charge in [-0.3, -0.25) is 9.80 Å². The topological polar surface area (TPSA) is 34.2 Å². The molecule has 5 heteroatoms. The van der Waals surface area contributed by atoms with E-state index in [1.807, 2.05) is 0 Å². The first-order chi connectivity index (χ1) is 11.5. The molecule has 0 unspecified atom stereocenters. The van der Waals surface area contributed by atoms with Gasteiger partial charge in [0, 0.05) is 46.9 Å². The van der Waals surface area contributed by atoms with E-state index in [1.165, 1.54) is 11.1 Å². The second kappa shape index (κ2) is 9.49. The van der Waals surface area contributed by atoms with Gasteiger partial charge in [0.15, 0.2) is 6.29 Å². The fourth-order valence-electron chi connectivity index (χ4n) is 3.30. The van der Waals surface area contributed by atoms with E-state index in [2.05, 4.69) is 55.0 Å². The smallest absolute Gasteiger partial charge is 0.169 e. The predicted molar refractivity (Wildman–Crippen MR) is 95.9 cm³/mol. The number of hydrogen-bond acceptors (Lipinski definition) is 5. The molecule has 136 valence electrons. The Morgan fingerprint density at radius 2 is 1.62 bits per heavy atom. The van der Waals surface area contributed by atoms with E-state index in [4.69, 9.17) is 14.2 Å². The first-order valence-electron chi connectivity index (χ1n) is 8.70. The van der Waals surface area contributed by atoms with Crippen molar-refractivity contribution in [2.75, 3.05) is 40.9 Å². The molecular formula is C19H32N2O3. The Morgan fingerprint density at radius 3 is 2.17 bits per heavy atom. The number of rotatable bonds is 8. The number of hydrogen-bond donors (Lipinski definition) is 0. The van der Waals surface area contributed by atoms with Crippen LogP contribution < -0.4 is 0 Å². The number of nitrogens with zero attached hydrogens (tertiary/aromatic N) is 2. The molecule has 0 N–H and O–H groups in total. The Morgan fingerprint density at radius 1 is 1.08 bits per heavy atom. The lowest BCUT2D eigenvalue weighted by Gasteiger charge is -2.35. The highest BCUT2D eigenvalue weighted by Gasteiger charge is 2.21. The fraction of sp³-hybridized carbons (Fsp3) is 0.684. The highest BCUT2D eigenvalue weighted by atomic mass is 16.7. The largest absolute Gasteiger partial charge is 0.373 e. The van der Waals surface area contributed by atoms with Crippen molar-refractivity contribution >= 4 is 0 Å². The van der Waals surface area contributed by atoms with Crippen LogP contribution in [0.15, 0.2) is 24.3 Å². The molecular weight excluding hydrogens is 304 g/mol. The molecule has 1 aromatic carbocycles. The Balaban J connectivity index is 1.84. The van der Waals surface area contributed by atoms with Crippen molar-refractivity contribution in [2.45, 2.75) is 45.4 Å². The standard InChI is InChI=1S/C19H32N2O3/c1-15-10-21(11-16(2)24-15)13-18-8-6-17(7-9-18)12-20(3)14-19(22-4)23-5/h6-9,15-16,19H,10-14H2,1-5H3/t15-,16+. The van der Waals surface area contributed by atoms with Crippen molar-refractivity contribution in [3.8, 4) is 0 Å². The van der Waals surface area contributed by atoms with Crippen LogP contribution in [-0.2, 0) is 27.3 Å². The van der Waals surface area contributed by atoms with Crippen LogP contribution in [0.5, 0.6) is 0 Å². The number of benzene rings is 1. The lowest BCUT2D eigenvalue weighted by molar-refractivity contribution is -0.114. The van der Waals surface area contributed by atoms with Gasteiger partial charge in [-0.15, -0.1) is 0 Å². The van der Waals surface area contributed by atoms with Gasteiger partial charge in [0.1, 0.15) is 0 Å². The van der Waals surface area contributed by atoms with Crippen LogP contribution in [0, 0.1) is 0 Å². The molecule has 0 spiro atoms. The predicted octanol–water partition coefficient (Wildman–Crippen LogP) is 2.35. The molecule has 2 atom stereocenters. The van der Waals surface area contributed by atoms with Crippen molar-refractivity contribution in [3.05, 3.63) is 35.4 Å². The van der Waals surface area contributed by atoms with Crippen LogP contribution in [0.2, 0.25) is 0 Å². The summed E-state index contributed by atoms with van der Waals surface area (Å²) in [6.07, 6.45) is 0.451. The Hall–Kier alpha value is -0.980. The third-order valence-corrected chi connectivity index (χ3v) is 4.36. The molecule has 0 radical (unpaired) electrons. The number of ether oxygens (including phenoxy) is 3. The molecule has 1 aromatic rings. The zero-order valence-corrected chi connectivity index (χ0v) is 15.7. The van der Waals surface area contributed by atoms with E-state index in [0.717, 1.165) is 32.7 Å². The Labute approximate surface area is 146 Å². The lowest BCUT2D eigenvalue weighted by Crippen LogP contribution is -2.44. The van der Waals surface area contributed by atoms with Crippen LogP contribution in [0.4, 0.5) is 0 Å². The Kier molecular flexibility index (Phi) is 7.65. The lowest BCUT2D eigenvalue weighted by atomic mass is 10.1. The highest BCUT2D eigenvalue weighted by Crippen LogP contribution is 2.15. The first-order valence-corrected chi connectivity index (χ1v) is 8.70. The third-order valence-electron chi connectivity index (χ3n) is 4.36. The van der Waals surface area contributed by atoms with Gasteiger partial charge in [0.25, 0.3) is 0 Å². The molecule has 0 aromatic heterocycles. The van der Waals surface area contributed by atoms with Gasteiger partial charge in [0.05, 0.1) is 12.2 Å². The van der Waals surface area contributed by atoms with Crippen LogP contribution >= 0.6 is 0 Å². The molecule has 1 fully saturated rings. The summed E-state index contributed by atoms with van der Waals surface area (Å²) in [6.45, 7) is 8.93. The molecule has 1 heterocycles. The van der Waals surface area contributed by atoms with Crippen molar-refractivity contribution < 1.29 is 14.2 Å². The van der Waals surface area contributed by atoms with Gasteiger partial charge in [-0.2, -0.15) is 0 Å². The summed E-state index contributed by atoms with van der Waals surface area (Å²) < 4.78 is 16.3. The molecule has 24 heavy (non-hydrogen) atoms. The summed E-state index contributed by atoms with van der Waals surface area (Å²) >= 11 is 0. The van der Waals surface area contributed by atoms with E-state index >= 15 is 0 Å². The molecule has 0 aliphatic carbocycles. The first kappa shape index (κ1) is 19.3. The highest BCUT2D eigenvalue weighted by molar-refractivity contribution is 5.22. The molecule has 2 rings (SSSR count). The van der Waals surface area contributed by atoms with Gasteiger partial charge in [-0.05, 0) is 32.0 Å². The maximum atomic E-state index is 5.80. The van der Waals surface area contributed by atoms with Crippen molar-refractivity contribution in [1.82, 2.24) is 9.80 Å². The second-order valence-electron chi connectivity index (χ2n) is 6.87. The average molecular weight is 336 g/mol. The van der Waals surface area contributed by atoms with Crippen molar-refractivity contribution in [2.24, 2.45) is 0 Å². The van der Waals surface area contributed by atoms with E-state index in [9.17, 15) is 0 Å². The van der Waals surface area contributed by atoms with E-state index < -0.39 is 0 Å². The summed E-state index contributed by atoms with van der Waals surface area (Å²) in [4.78, 5) is 4.68. The zero-order chi connectivity index (χ0) is 17.5. The summed E-state index contributed by atoms with van der Waals surface area (Å²) in [7, 11) is 5.42. The fourth-order valence-corrected chi connectivity index (χ4v) is 3.30. The van der Waals surface area contributed by atoms with Crippen LogP contribution in [-0.4, -0.2) is 69.2 Å². The monoisotopic (exact) mass is 336 g/mol. The summed E-state index contributed by atoms with van der Waals surface area (Å²) in [5, 5.41) is 0. The van der Waals surface area contributed by atoms with Crippen LogP contribution in [0.3, 0.4) is 0 Å². The molecule has 0 saturated carbocycles. The molecule has 1 saturated heterocycles. The molecule has 1 aliphatic heterocycles. The maximum Gasteiger partial charge on any atom is 0.169 e. The van der Waals surface area contributed by atoms with Gasteiger partial charge in [-0.1, -0.05) is 24.3 Å². The Bertz CT molecular complexity index is 466. The number of methoxy groups -OCH3 is 2. The summed E-state index contributed by atoms with van der Waals surface area (Å²) in [5.41, 5.74) is 2.66.